The molecule has 0 aliphatic carbocycles. The van der Waals surface area contributed by atoms with Crippen molar-refractivity contribution in [3.63, 3.8) is 0 Å². The molecule has 0 aliphatic heterocycles. The topological polar surface area (TPSA) is 57.5 Å². The van der Waals surface area contributed by atoms with E-state index < -0.39 is 5.97 Å². The molecule has 0 amide bonds. The van der Waals surface area contributed by atoms with E-state index in [9.17, 15) is 4.79 Å². The predicted octanol–water partition coefficient (Wildman–Crippen LogP) is 2.22. The summed E-state index contributed by atoms with van der Waals surface area (Å²) in [5.74, 6) is -0.920. The molecule has 0 saturated heterocycles. The van der Waals surface area contributed by atoms with Crippen LogP contribution >= 0.6 is 0 Å². The molecular formula is C12H16O3. The van der Waals surface area contributed by atoms with E-state index in [-0.39, 0.29) is 6.61 Å². The highest BCUT2D eigenvalue weighted by atomic mass is 16.4. The Kier molecular flexibility index (Phi) is 4.31. The van der Waals surface area contributed by atoms with Gasteiger partial charge in [-0.3, -0.25) is 0 Å². The molecule has 82 valence electrons. The molecule has 0 heterocycles. The van der Waals surface area contributed by atoms with Crippen LogP contribution in [-0.2, 0) is 13.0 Å². The van der Waals surface area contributed by atoms with E-state index in [0.29, 0.717) is 5.56 Å². The highest BCUT2D eigenvalue weighted by molar-refractivity contribution is 5.89. The van der Waals surface area contributed by atoms with Gasteiger partial charge in [-0.05, 0) is 30.0 Å². The molecule has 0 aromatic heterocycles. The minimum atomic E-state index is -0.920. The average Bonchev–Trinajstić information content (AvgIpc) is 2.25. The van der Waals surface area contributed by atoms with Crippen molar-refractivity contribution < 1.29 is 15.0 Å². The summed E-state index contributed by atoms with van der Waals surface area (Å²) in [6.07, 6.45) is 2.67. The van der Waals surface area contributed by atoms with E-state index in [4.69, 9.17) is 10.2 Å². The number of unbranched alkanes of at least 4 members (excludes halogenated alkanes) is 1. The number of aliphatic hydroxyl groups is 1. The van der Waals surface area contributed by atoms with E-state index in [1.54, 1.807) is 18.2 Å². The Morgan fingerprint density at radius 3 is 2.67 bits per heavy atom. The van der Waals surface area contributed by atoms with Crippen LogP contribution < -0.4 is 0 Å². The van der Waals surface area contributed by atoms with Gasteiger partial charge >= 0.3 is 5.97 Å². The average molecular weight is 208 g/mol. The highest BCUT2D eigenvalue weighted by Crippen LogP contribution is 2.18. The van der Waals surface area contributed by atoms with Gasteiger partial charge in [0.1, 0.15) is 0 Å². The molecule has 0 aliphatic rings. The Bertz CT molecular complexity index is 345. The van der Waals surface area contributed by atoms with Crippen molar-refractivity contribution in [1.82, 2.24) is 0 Å². The molecule has 0 spiro atoms. The van der Waals surface area contributed by atoms with Gasteiger partial charge in [0.2, 0.25) is 0 Å². The Morgan fingerprint density at radius 1 is 1.40 bits per heavy atom. The second-order valence-electron chi connectivity index (χ2n) is 3.51. The van der Waals surface area contributed by atoms with Gasteiger partial charge in [0.25, 0.3) is 0 Å². The number of carbonyl (C=O) groups is 1. The van der Waals surface area contributed by atoms with Gasteiger partial charge in [-0.1, -0.05) is 25.5 Å². The zero-order valence-electron chi connectivity index (χ0n) is 8.86. The summed E-state index contributed by atoms with van der Waals surface area (Å²) in [5.41, 5.74) is 1.81. The smallest absolute Gasteiger partial charge is 0.335 e. The van der Waals surface area contributed by atoms with Crippen molar-refractivity contribution in [3.05, 3.63) is 34.9 Å². The number of benzene rings is 1. The van der Waals surface area contributed by atoms with Crippen LogP contribution in [0.1, 0.15) is 41.3 Å². The molecule has 0 bridgehead atoms. The van der Waals surface area contributed by atoms with Gasteiger partial charge in [0, 0.05) is 0 Å². The molecule has 0 saturated carbocycles. The molecule has 0 fully saturated rings. The van der Waals surface area contributed by atoms with Gasteiger partial charge in [-0.15, -0.1) is 0 Å². The second kappa shape index (κ2) is 5.51. The van der Waals surface area contributed by atoms with Crippen LogP contribution in [0.3, 0.4) is 0 Å². The van der Waals surface area contributed by atoms with Crippen LogP contribution in [0.4, 0.5) is 0 Å². The number of aliphatic hydroxyl groups excluding tert-OH is 1. The number of carboxylic acid groups (broad SMARTS) is 1. The first kappa shape index (κ1) is 11.7. The largest absolute Gasteiger partial charge is 0.478 e. The van der Waals surface area contributed by atoms with Crippen molar-refractivity contribution in [2.45, 2.75) is 32.8 Å². The van der Waals surface area contributed by atoms with Gasteiger partial charge in [-0.2, -0.15) is 0 Å². The lowest BCUT2D eigenvalue weighted by Crippen LogP contribution is -2.06. The molecule has 0 atom stereocenters. The van der Waals surface area contributed by atoms with Crippen LogP contribution in [0, 0.1) is 0 Å². The zero-order valence-corrected chi connectivity index (χ0v) is 8.86. The molecule has 0 radical (unpaired) electrons. The third-order valence-corrected chi connectivity index (χ3v) is 2.45. The van der Waals surface area contributed by atoms with Gasteiger partial charge in [-0.25, -0.2) is 4.79 Å². The minimum absolute atomic E-state index is 0.0971. The van der Waals surface area contributed by atoms with Crippen LogP contribution in [0.2, 0.25) is 0 Å². The summed E-state index contributed by atoms with van der Waals surface area (Å²) < 4.78 is 0. The quantitative estimate of drug-likeness (QED) is 0.780. The first-order chi connectivity index (χ1) is 7.20. The molecule has 2 N–H and O–H groups in total. The fourth-order valence-corrected chi connectivity index (χ4v) is 1.63. The lowest BCUT2D eigenvalue weighted by atomic mass is 9.96. The van der Waals surface area contributed by atoms with Gasteiger partial charge in [0.15, 0.2) is 0 Å². The Labute approximate surface area is 89.4 Å². The van der Waals surface area contributed by atoms with Crippen molar-refractivity contribution in [1.29, 1.82) is 0 Å². The monoisotopic (exact) mass is 208 g/mol. The van der Waals surface area contributed by atoms with Crippen molar-refractivity contribution in [2.24, 2.45) is 0 Å². The fourth-order valence-electron chi connectivity index (χ4n) is 1.63. The maximum Gasteiger partial charge on any atom is 0.335 e. The number of aromatic carboxylic acids is 1. The highest BCUT2D eigenvalue weighted by Gasteiger charge is 2.12. The van der Waals surface area contributed by atoms with E-state index in [2.05, 4.69) is 6.92 Å². The standard InChI is InChI=1S/C12H16O3/c1-2-3-6-10-9(8-13)5-4-7-11(10)12(14)15/h4-5,7,13H,2-3,6,8H2,1H3,(H,14,15). The summed E-state index contributed by atoms with van der Waals surface area (Å²) in [6, 6.07) is 5.04. The summed E-state index contributed by atoms with van der Waals surface area (Å²) in [6.45, 7) is 1.96. The number of carboxylic acids is 1. The molecule has 1 rings (SSSR count). The lowest BCUT2D eigenvalue weighted by Gasteiger charge is -2.10. The van der Waals surface area contributed by atoms with E-state index in [0.717, 1.165) is 30.4 Å². The molecule has 1 aromatic carbocycles. The third-order valence-electron chi connectivity index (χ3n) is 2.45. The van der Waals surface area contributed by atoms with Crippen LogP contribution in [0.25, 0.3) is 0 Å². The maximum absolute atomic E-state index is 11.0. The second-order valence-corrected chi connectivity index (χ2v) is 3.51. The Morgan fingerprint density at radius 2 is 2.13 bits per heavy atom. The SMILES string of the molecule is CCCCc1c(CO)cccc1C(=O)O. The molecule has 15 heavy (non-hydrogen) atoms. The minimum Gasteiger partial charge on any atom is -0.478 e. The normalized spacial score (nSPS) is 10.3. The molecule has 0 unspecified atom stereocenters. The number of hydrogen-bond donors (Lipinski definition) is 2. The summed E-state index contributed by atoms with van der Waals surface area (Å²) in [5, 5.41) is 18.1. The van der Waals surface area contributed by atoms with Crippen LogP contribution in [0.5, 0.6) is 0 Å². The third kappa shape index (κ3) is 2.80. The lowest BCUT2D eigenvalue weighted by molar-refractivity contribution is 0.0695. The summed E-state index contributed by atoms with van der Waals surface area (Å²) in [4.78, 5) is 11.0. The van der Waals surface area contributed by atoms with Crippen molar-refractivity contribution in [3.8, 4) is 0 Å². The first-order valence-electron chi connectivity index (χ1n) is 5.15. The van der Waals surface area contributed by atoms with Crippen LogP contribution in [-0.4, -0.2) is 16.2 Å². The summed E-state index contributed by atoms with van der Waals surface area (Å²) >= 11 is 0. The Balaban J connectivity index is 3.08. The van der Waals surface area contributed by atoms with Crippen molar-refractivity contribution >= 4 is 5.97 Å². The Hall–Kier alpha value is -1.35. The fraction of sp³-hybridized carbons (Fsp3) is 0.417. The molecular weight excluding hydrogens is 192 g/mol. The predicted molar refractivity (Wildman–Crippen MR) is 57.9 cm³/mol. The molecule has 3 nitrogen and oxygen atoms in total. The number of rotatable bonds is 5. The van der Waals surface area contributed by atoms with Gasteiger partial charge in [0.05, 0.1) is 12.2 Å². The van der Waals surface area contributed by atoms with E-state index >= 15 is 0 Å². The molecule has 3 heteroatoms. The van der Waals surface area contributed by atoms with E-state index in [1.165, 1.54) is 0 Å². The first-order valence-corrected chi connectivity index (χ1v) is 5.15. The maximum atomic E-state index is 11.0. The van der Waals surface area contributed by atoms with E-state index in [1.807, 2.05) is 0 Å². The molecule has 1 aromatic rings. The van der Waals surface area contributed by atoms with Crippen LogP contribution in [0.15, 0.2) is 18.2 Å². The van der Waals surface area contributed by atoms with Gasteiger partial charge < -0.3 is 10.2 Å². The summed E-state index contributed by atoms with van der Waals surface area (Å²) in [7, 11) is 0. The van der Waals surface area contributed by atoms with Crippen molar-refractivity contribution in [2.75, 3.05) is 0 Å². The number of hydrogen-bond acceptors (Lipinski definition) is 2. The zero-order chi connectivity index (χ0) is 11.3.